The van der Waals surface area contributed by atoms with Crippen LogP contribution in [0.2, 0.25) is 0 Å². The van der Waals surface area contributed by atoms with Gasteiger partial charge in [0.25, 0.3) is 0 Å². The van der Waals surface area contributed by atoms with Gasteiger partial charge in [-0.1, -0.05) is 252 Å². The smallest absolute Gasteiger partial charge is 1.00 e. The Morgan fingerprint density at radius 1 is 0.347 bits per heavy atom. The summed E-state index contributed by atoms with van der Waals surface area (Å²) in [6.07, 6.45) is 49.9. The molecule has 0 fully saturated rings. The van der Waals surface area contributed by atoms with E-state index < -0.39 is 0 Å². The van der Waals surface area contributed by atoms with Crippen LogP contribution in [0.25, 0.3) is 11.5 Å². The van der Waals surface area contributed by atoms with Crippen molar-refractivity contribution in [3.05, 3.63) is 11.5 Å². The molecule has 3 N–H and O–H groups in total. The summed E-state index contributed by atoms with van der Waals surface area (Å²) >= 11 is 0. The van der Waals surface area contributed by atoms with Crippen molar-refractivity contribution in [1.82, 2.24) is 0 Å². The summed E-state index contributed by atoms with van der Waals surface area (Å²) in [5, 5.41) is 8.75. The zero-order valence-corrected chi connectivity index (χ0v) is 36.8. The molecule has 0 spiro atoms. The summed E-state index contributed by atoms with van der Waals surface area (Å²) in [6.45, 7) is 10.5. The van der Waals surface area contributed by atoms with Gasteiger partial charge in [0.1, 0.15) is 0 Å². The first-order valence-electron chi connectivity index (χ1n) is 22.1. The van der Waals surface area contributed by atoms with Crippen molar-refractivity contribution in [3.8, 4) is 0 Å². The molecule has 49 heavy (non-hydrogen) atoms. The molecule has 1 unspecified atom stereocenters. The van der Waals surface area contributed by atoms with Crippen LogP contribution < -0.4 is 12.4 Å². The minimum Gasteiger partial charge on any atom is -1.00 e. The number of aliphatic hydroxyl groups excluding tert-OH is 1. The monoisotopic (exact) mass is 750 g/mol. The van der Waals surface area contributed by atoms with E-state index in [0.29, 0.717) is 25.6 Å². The maximum Gasteiger partial charge on any atom is 3.00 e. The third-order valence-electron chi connectivity index (χ3n) is 9.86. The summed E-state index contributed by atoms with van der Waals surface area (Å²) < 4.78 is 0. The molecular weight excluding hydrogens is 656 g/mol. The van der Waals surface area contributed by atoms with Crippen LogP contribution in [0.4, 0.5) is 0 Å². The SMILES string of the molecule is CCCCC(CC)CO.CCCCCCCCCCCCCCCCCC[NH-].CCCCCCCCCCCCCCCCCC[NH-].[Cl-].[Ti+3]. The summed E-state index contributed by atoms with van der Waals surface area (Å²) in [6, 6.07) is 0. The Kier molecular flexibility index (Phi) is 73.6. The number of unbranched alkanes of at least 4 members (excludes halogenated alkanes) is 31. The molecule has 1 atom stereocenters. The Labute approximate surface area is 333 Å². The van der Waals surface area contributed by atoms with Gasteiger partial charge in [-0.25, -0.2) is 0 Å². The molecule has 1 radical (unpaired) electrons. The van der Waals surface area contributed by atoms with Gasteiger partial charge in [-0.05, 0) is 12.3 Å². The van der Waals surface area contributed by atoms with E-state index >= 15 is 0 Å². The van der Waals surface area contributed by atoms with E-state index in [1.54, 1.807) is 0 Å². The molecule has 5 heteroatoms. The van der Waals surface area contributed by atoms with Crippen molar-refractivity contribution in [3.63, 3.8) is 0 Å². The first kappa shape index (κ1) is 59.2. The molecule has 0 saturated heterocycles. The van der Waals surface area contributed by atoms with Crippen LogP contribution in [0.3, 0.4) is 0 Å². The second kappa shape index (κ2) is 60.9. The van der Waals surface area contributed by atoms with Crippen LogP contribution in [-0.2, 0) is 21.7 Å². The second-order valence-electron chi connectivity index (χ2n) is 14.7. The van der Waals surface area contributed by atoms with Crippen LogP contribution in [0.5, 0.6) is 0 Å². The van der Waals surface area contributed by atoms with Crippen molar-refractivity contribution < 1.29 is 39.2 Å². The Bertz CT molecular complexity index is 416. The second-order valence-corrected chi connectivity index (χ2v) is 14.7. The standard InChI is InChI=1S/2C18H38N.C8H18O.ClH.Ti/c2*1-2-3-4-5-6-7-8-9-10-11-12-13-14-15-16-17-18-19;1-3-5-6-8(4-2)7-9;;/h2*19H,2-18H2,1H3;8-9H,3-7H2,1-2H3;1H;/q2*-1;;;+3/p-1. The Balaban J connectivity index is -0.000000205. The summed E-state index contributed by atoms with van der Waals surface area (Å²) in [5.41, 5.74) is 14.2. The molecule has 0 aliphatic heterocycles. The van der Waals surface area contributed by atoms with Crippen LogP contribution in [0, 0.1) is 5.92 Å². The zero-order chi connectivity index (χ0) is 35.2. The van der Waals surface area contributed by atoms with Crippen molar-refractivity contribution in [2.45, 2.75) is 259 Å². The molecule has 3 nitrogen and oxygen atoms in total. The number of hydrogen-bond donors (Lipinski definition) is 1. The van der Waals surface area contributed by atoms with Gasteiger partial charge in [0, 0.05) is 6.61 Å². The quantitative estimate of drug-likeness (QED) is 0.0499. The number of halogens is 1. The summed E-state index contributed by atoms with van der Waals surface area (Å²) in [7, 11) is 0. The third kappa shape index (κ3) is 64.3. The van der Waals surface area contributed by atoms with E-state index in [9.17, 15) is 0 Å². The average molecular weight is 751 g/mol. The van der Waals surface area contributed by atoms with E-state index in [4.69, 9.17) is 16.6 Å². The van der Waals surface area contributed by atoms with Crippen LogP contribution >= 0.6 is 0 Å². The summed E-state index contributed by atoms with van der Waals surface area (Å²) in [4.78, 5) is 0. The maximum absolute atomic E-state index is 8.75. The predicted molar refractivity (Wildman–Crippen MR) is 218 cm³/mol. The van der Waals surface area contributed by atoms with Gasteiger partial charge in [-0.15, -0.1) is 0 Å². The Hall–Kier alpha value is 0.884. The van der Waals surface area contributed by atoms with Gasteiger partial charge >= 0.3 is 21.7 Å². The first-order chi connectivity index (χ1) is 23.2. The fraction of sp³-hybridized carbons (Fsp3) is 1.00. The van der Waals surface area contributed by atoms with Crippen molar-refractivity contribution in [2.24, 2.45) is 5.92 Å². The van der Waals surface area contributed by atoms with Crippen molar-refractivity contribution in [2.75, 3.05) is 19.7 Å². The molecule has 0 aromatic rings. The van der Waals surface area contributed by atoms with Gasteiger partial charge in [-0.2, -0.15) is 13.1 Å². The molecule has 0 aromatic heterocycles. The molecule has 0 heterocycles. The van der Waals surface area contributed by atoms with Crippen molar-refractivity contribution >= 4 is 0 Å². The molecule has 0 rings (SSSR count). The van der Waals surface area contributed by atoms with Gasteiger partial charge in [0.2, 0.25) is 0 Å². The zero-order valence-electron chi connectivity index (χ0n) is 34.5. The molecule has 297 valence electrons. The minimum absolute atomic E-state index is 0. The Morgan fingerprint density at radius 2 is 0.551 bits per heavy atom. The number of rotatable bonds is 37. The molecule has 0 bridgehead atoms. The van der Waals surface area contributed by atoms with Gasteiger partial charge in [0.05, 0.1) is 0 Å². The molecule has 0 aromatic carbocycles. The van der Waals surface area contributed by atoms with E-state index in [2.05, 4.69) is 27.7 Å². The Morgan fingerprint density at radius 3 is 0.714 bits per heavy atom. The van der Waals surface area contributed by atoms with Gasteiger partial charge < -0.3 is 29.0 Å². The fourth-order valence-electron chi connectivity index (χ4n) is 6.26. The van der Waals surface area contributed by atoms with E-state index in [0.717, 1.165) is 19.3 Å². The van der Waals surface area contributed by atoms with E-state index in [1.807, 2.05) is 0 Å². The van der Waals surface area contributed by atoms with E-state index in [1.165, 1.54) is 212 Å². The molecule has 0 saturated carbocycles. The molecular formula is C44H94ClN2OTi. The van der Waals surface area contributed by atoms with Crippen LogP contribution in [0.15, 0.2) is 0 Å². The third-order valence-corrected chi connectivity index (χ3v) is 9.86. The number of nitrogens with one attached hydrogen (secondary N) is 2. The molecule has 0 aliphatic carbocycles. The average Bonchev–Trinajstić information content (AvgIpc) is 3.09. The number of aliphatic hydroxyl groups is 1. The largest absolute Gasteiger partial charge is 3.00 e. The van der Waals surface area contributed by atoms with Crippen molar-refractivity contribution in [1.29, 1.82) is 0 Å². The van der Waals surface area contributed by atoms with Gasteiger partial charge in [0.15, 0.2) is 0 Å². The number of hydrogen-bond acceptors (Lipinski definition) is 1. The predicted octanol–water partition coefficient (Wildman–Crippen LogP) is 13.8. The topological polar surface area (TPSA) is 67.8 Å². The normalized spacial score (nSPS) is 11.1. The van der Waals surface area contributed by atoms with Crippen LogP contribution in [-0.4, -0.2) is 24.8 Å². The summed E-state index contributed by atoms with van der Waals surface area (Å²) in [5.74, 6) is 0.560. The first-order valence-corrected chi connectivity index (χ1v) is 22.1. The fourth-order valence-corrected chi connectivity index (χ4v) is 6.26. The molecule has 0 aliphatic rings. The van der Waals surface area contributed by atoms with Crippen LogP contribution in [0.1, 0.15) is 259 Å². The van der Waals surface area contributed by atoms with Gasteiger partial charge in [-0.3, -0.25) is 0 Å². The van der Waals surface area contributed by atoms with E-state index in [-0.39, 0.29) is 34.1 Å². The molecule has 0 amide bonds. The minimum atomic E-state index is 0. The maximum atomic E-state index is 8.75.